The van der Waals surface area contributed by atoms with Crippen LogP contribution in [0.1, 0.15) is 37.8 Å². The van der Waals surface area contributed by atoms with E-state index in [0.717, 1.165) is 12.8 Å². The van der Waals surface area contributed by atoms with E-state index in [0.29, 0.717) is 12.0 Å². The number of ether oxygens (including phenoxy) is 1. The minimum Gasteiger partial charge on any atom is -0.434 e. The molecule has 3 N–H and O–H groups in total. The molecule has 3 atom stereocenters. The normalized spacial score (nSPS) is 22.0. The largest absolute Gasteiger partial charge is 0.434 e. The lowest BCUT2D eigenvalue weighted by Crippen LogP contribution is -2.32. The van der Waals surface area contributed by atoms with Crippen molar-refractivity contribution in [1.82, 2.24) is 5.32 Å². The van der Waals surface area contributed by atoms with E-state index in [1.807, 2.05) is 0 Å². The molecular weight excluding hydrogens is 314 g/mol. The quantitative estimate of drug-likeness (QED) is 0.870. The van der Waals surface area contributed by atoms with Gasteiger partial charge < -0.3 is 15.8 Å². The van der Waals surface area contributed by atoms with Crippen LogP contribution >= 0.6 is 12.4 Å². The van der Waals surface area contributed by atoms with Crippen LogP contribution in [-0.4, -0.2) is 18.6 Å². The molecular formula is C15H21ClF2N2O2. The molecule has 124 valence electrons. The Morgan fingerprint density at radius 1 is 1.36 bits per heavy atom. The maximum atomic E-state index is 12.4. The number of nitrogens with one attached hydrogen (secondary N) is 1. The summed E-state index contributed by atoms with van der Waals surface area (Å²) in [7, 11) is 0. The van der Waals surface area contributed by atoms with Crippen molar-refractivity contribution in [3.8, 4) is 5.75 Å². The van der Waals surface area contributed by atoms with E-state index in [1.165, 1.54) is 6.07 Å². The van der Waals surface area contributed by atoms with Crippen LogP contribution < -0.4 is 15.8 Å². The summed E-state index contributed by atoms with van der Waals surface area (Å²) in [5, 5.41) is 2.85. The fourth-order valence-corrected chi connectivity index (χ4v) is 2.71. The zero-order valence-corrected chi connectivity index (χ0v) is 13.1. The molecule has 1 aliphatic rings. The third kappa shape index (κ3) is 4.81. The first-order chi connectivity index (χ1) is 9.97. The van der Waals surface area contributed by atoms with Gasteiger partial charge in [0.25, 0.3) is 0 Å². The van der Waals surface area contributed by atoms with Crippen LogP contribution in [0.3, 0.4) is 0 Å². The summed E-state index contributed by atoms with van der Waals surface area (Å²) in [6.07, 6.45) is 2.29. The first-order valence-electron chi connectivity index (χ1n) is 7.07. The van der Waals surface area contributed by atoms with Gasteiger partial charge in [-0.1, -0.05) is 18.2 Å². The number of benzene rings is 1. The highest BCUT2D eigenvalue weighted by atomic mass is 35.5. The lowest BCUT2D eigenvalue weighted by Gasteiger charge is -2.20. The molecule has 0 aliphatic heterocycles. The van der Waals surface area contributed by atoms with Crippen LogP contribution in [0, 0.1) is 5.92 Å². The van der Waals surface area contributed by atoms with Crippen molar-refractivity contribution in [2.75, 3.05) is 0 Å². The van der Waals surface area contributed by atoms with Crippen molar-refractivity contribution < 1.29 is 18.3 Å². The fraction of sp³-hybridized carbons (Fsp3) is 0.533. The zero-order chi connectivity index (χ0) is 15.4. The Balaban J connectivity index is 0.00000242. The van der Waals surface area contributed by atoms with Gasteiger partial charge in [0.2, 0.25) is 5.91 Å². The molecule has 1 aromatic rings. The summed E-state index contributed by atoms with van der Waals surface area (Å²) in [6, 6.07) is 6.15. The summed E-state index contributed by atoms with van der Waals surface area (Å²) in [5.74, 6) is -0.0867. The van der Waals surface area contributed by atoms with Gasteiger partial charge in [-0.2, -0.15) is 8.78 Å². The average molecular weight is 335 g/mol. The minimum atomic E-state index is -2.89. The second-order valence-corrected chi connectivity index (χ2v) is 5.42. The second-order valence-electron chi connectivity index (χ2n) is 5.42. The minimum absolute atomic E-state index is 0. The van der Waals surface area contributed by atoms with E-state index >= 15 is 0 Å². The number of alkyl halides is 2. The van der Waals surface area contributed by atoms with E-state index in [2.05, 4.69) is 10.1 Å². The molecule has 1 saturated carbocycles. The predicted octanol–water partition coefficient (Wildman–Crippen LogP) is 3.01. The number of hydrogen-bond donors (Lipinski definition) is 2. The van der Waals surface area contributed by atoms with Gasteiger partial charge in [-0.05, 0) is 32.3 Å². The number of nitrogens with two attached hydrogens (primary N) is 1. The summed E-state index contributed by atoms with van der Waals surface area (Å²) in [5.41, 5.74) is 6.34. The predicted molar refractivity (Wildman–Crippen MR) is 82.2 cm³/mol. The third-order valence-electron chi connectivity index (χ3n) is 3.80. The van der Waals surface area contributed by atoms with Gasteiger partial charge in [0.15, 0.2) is 0 Å². The molecule has 0 aromatic heterocycles. The number of halogens is 3. The summed E-state index contributed by atoms with van der Waals surface area (Å²) in [6.45, 7) is -1.14. The number of carbonyl (C=O) groups excluding carboxylic acids is 1. The van der Waals surface area contributed by atoms with Crippen LogP contribution in [0.25, 0.3) is 0 Å². The van der Waals surface area contributed by atoms with Crippen LogP contribution in [0.5, 0.6) is 5.75 Å². The van der Waals surface area contributed by atoms with Crippen molar-refractivity contribution >= 4 is 18.3 Å². The van der Waals surface area contributed by atoms with Crippen molar-refractivity contribution in [2.24, 2.45) is 11.7 Å². The van der Waals surface area contributed by atoms with Crippen molar-refractivity contribution in [3.63, 3.8) is 0 Å². The van der Waals surface area contributed by atoms with Crippen LogP contribution in [0.15, 0.2) is 24.3 Å². The topological polar surface area (TPSA) is 64.4 Å². The van der Waals surface area contributed by atoms with Crippen LogP contribution in [0.4, 0.5) is 8.78 Å². The lowest BCUT2D eigenvalue weighted by molar-refractivity contribution is -0.125. The number of amides is 1. The molecule has 2 rings (SSSR count). The Morgan fingerprint density at radius 2 is 2.05 bits per heavy atom. The Kier molecular flexibility index (Phi) is 7.03. The molecule has 3 unspecified atom stereocenters. The Labute approximate surface area is 134 Å². The van der Waals surface area contributed by atoms with Gasteiger partial charge in [0.1, 0.15) is 5.75 Å². The van der Waals surface area contributed by atoms with E-state index < -0.39 is 12.7 Å². The van der Waals surface area contributed by atoms with E-state index in [1.54, 1.807) is 25.1 Å². The van der Waals surface area contributed by atoms with Crippen molar-refractivity contribution in [1.29, 1.82) is 0 Å². The molecule has 1 amide bonds. The molecule has 22 heavy (non-hydrogen) atoms. The molecule has 7 heteroatoms. The molecule has 0 spiro atoms. The van der Waals surface area contributed by atoms with Gasteiger partial charge in [0, 0.05) is 17.5 Å². The second kappa shape index (κ2) is 8.29. The average Bonchev–Trinajstić information content (AvgIpc) is 2.85. The molecule has 4 nitrogen and oxygen atoms in total. The standard InChI is InChI=1S/C15H20F2N2O2.ClH/c1-9(19-14(20)10-6-7-11(18)8-10)12-4-2-3-5-13(12)21-15(16)17;/h2-5,9-11,15H,6-8,18H2,1H3,(H,19,20);1H. The van der Waals surface area contributed by atoms with E-state index in [9.17, 15) is 13.6 Å². The molecule has 1 aromatic carbocycles. The van der Waals surface area contributed by atoms with Crippen LogP contribution in [0.2, 0.25) is 0 Å². The summed E-state index contributed by atoms with van der Waals surface area (Å²) in [4.78, 5) is 12.2. The SMILES string of the molecule is CC(NC(=O)C1CCC(N)C1)c1ccccc1OC(F)F.Cl. The highest BCUT2D eigenvalue weighted by Crippen LogP contribution is 2.28. The Hall–Kier alpha value is -1.40. The molecule has 0 heterocycles. The third-order valence-corrected chi connectivity index (χ3v) is 3.80. The maximum Gasteiger partial charge on any atom is 0.387 e. The smallest absolute Gasteiger partial charge is 0.387 e. The van der Waals surface area contributed by atoms with Gasteiger partial charge in [-0.25, -0.2) is 0 Å². The highest BCUT2D eigenvalue weighted by Gasteiger charge is 2.29. The van der Waals surface area contributed by atoms with Gasteiger partial charge in [0.05, 0.1) is 6.04 Å². The monoisotopic (exact) mass is 334 g/mol. The molecule has 1 aliphatic carbocycles. The van der Waals surface area contributed by atoms with Gasteiger partial charge in [-0.15, -0.1) is 12.4 Å². The first kappa shape index (κ1) is 18.6. The Morgan fingerprint density at radius 3 is 2.64 bits per heavy atom. The number of hydrogen-bond acceptors (Lipinski definition) is 3. The number of rotatable bonds is 5. The number of carbonyl (C=O) groups is 1. The lowest BCUT2D eigenvalue weighted by atomic mass is 10.0. The van der Waals surface area contributed by atoms with E-state index in [4.69, 9.17) is 5.73 Å². The van der Waals surface area contributed by atoms with Crippen LogP contribution in [-0.2, 0) is 4.79 Å². The van der Waals surface area contributed by atoms with Crippen molar-refractivity contribution in [2.45, 2.75) is 44.9 Å². The Bertz CT molecular complexity index is 502. The molecule has 0 radical (unpaired) electrons. The molecule has 0 saturated heterocycles. The fourth-order valence-electron chi connectivity index (χ4n) is 2.71. The van der Waals surface area contributed by atoms with Gasteiger partial charge in [-0.3, -0.25) is 4.79 Å². The highest BCUT2D eigenvalue weighted by molar-refractivity contribution is 5.85. The molecule has 1 fully saturated rings. The summed E-state index contributed by atoms with van der Waals surface area (Å²) >= 11 is 0. The maximum absolute atomic E-state index is 12.4. The zero-order valence-electron chi connectivity index (χ0n) is 12.3. The number of para-hydroxylation sites is 1. The summed E-state index contributed by atoms with van der Waals surface area (Å²) < 4.78 is 29.3. The van der Waals surface area contributed by atoms with E-state index in [-0.39, 0.29) is 36.0 Å². The van der Waals surface area contributed by atoms with Crippen molar-refractivity contribution in [3.05, 3.63) is 29.8 Å². The molecule has 0 bridgehead atoms. The van der Waals surface area contributed by atoms with Gasteiger partial charge >= 0.3 is 6.61 Å². The first-order valence-corrected chi connectivity index (χ1v) is 7.07.